The summed E-state index contributed by atoms with van der Waals surface area (Å²) in [5.74, 6) is 1.65. The zero-order valence-electron chi connectivity index (χ0n) is 14.4. The number of amides is 1. The van der Waals surface area contributed by atoms with Crippen LogP contribution < -0.4 is 9.47 Å². The van der Waals surface area contributed by atoms with E-state index in [9.17, 15) is 4.79 Å². The van der Waals surface area contributed by atoms with E-state index in [0.29, 0.717) is 12.6 Å². The van der Waals surface area contributed by atoms with E-state index >= 15 is 0 Å². The van der Waals surface area contributed by atoms with Crippen LogP contribution in [-0.4, -0.2) is 33.4 Å². The summed E-state index contributed by atoms with van der Waals surface area (Å²) in [4.78, 5) is 15.2. The van der Waals surface area contributed by atoms with Gasteiger partial charge in [0.15, 0.2) is 11.5 Å². The van der Waals surface area contributed by atoms with E-state index in [2.05, 4.69) is 5.10 Å². The van der Waals surface area contributed by atoms with Gasteiger partial charge < -0.3 is 14.4 Å². The lowest BCUT2D eigenvalue weighted by Gasteiger charge is -2.31. The SMILES string of the molecule is C[C@@H](C(=O)N(Cc1ccc2c(c1)OCO2)C1CCCC1)n1cccn1. The predicted molar refractivity (Wildman–Crippen MR) is 92.3 cm³/mol. The Hall–Kier alpha value is -2.50. The summed E-state index contributed by atoms with van der Waals surface area (Å²) in [6, 6.07) is 7.77. The first-order chi connectivity index (χ1) is 12.2. The van der Waals surface area contributed by atoms with Crippen LogP contribution in [0.5, 0.6) is 11.5 Å². The molecule has 1 aromatic heterocycles. The monoisotopic (exact) mass is 341 g/mol. The number of carbonyl (C=O) groups excluding carboxylic acids is 1. The van der Waals surface area contributed by atoms with Gasteiger partial charge in [-0.05, 0) is 43.5 Å². The van der Waals surface area contributed by atoms with Crippen molar-refractivity contribution in [2.75, 3.05) is 6.79 Å². The third kappa shape index (κ3) is 3.21. The molecule has 1 atom stereocenters. The van der Waals surface area contributed by atoms with Crippen molar-refractivity contribution in [3.8, 4) is 11.5 Å². The number of hydrogen-bond donors (Lipinski definition) is 0. The molecule has 25 heavy (non-hydrogen) atoms. The van der Waals surface area contributed by atoms with Crippen molar-refractivity contribution >= 4 is 5.91 Å². The Morgan fingerprint density at radius 3 is 2.88 bits per heavy atom. The first-order valence-electron chi connectivity index (χ1n) is 8.90. The predicted octanol–water partition coefficient (Wildman–Crippen LogP) is 3.14. The molecule has 1 amide bonds. The van der Waals surface area contributed by atoms with Gasteiger partial charge in [-0.1, -0.05) is 18.9 Å². The zero-order valence-corrected chi connectivity index (χ0v) is 14.4. The Kier molecular flexibility index (Phi) is 4.34. The van der Waals surface area contributed by atoms with Crippen molar-refractivity contribution in [2.24, 2.45) is 0 Å². The van der Waals surface area contributed by atoms with Gasteiger partial charge in [-0.25, -0.2) is 0 Å². The number of carbonyl (C=O) groups is 1. The van der Waals surface area contributed by atoms with Crippen LogP contribution in [0.1, 0.15) is 44.2 Å². The fraction of sp³-hybridized carbons (Fsp3) is 0.474. The molecule has 0 N–H and O–H groups in total. The average molecular weight is 341 g/mol. The minimum absolute atomic E-state index is 0.119. The Bertz CT molecular complexity index is 738. The first-order valence-corrected chi connectivity index (χ1v) is 8.90. The number of fused-ring (bicyclic) bond motifs is 1. The molecule has 1 fully saturated rings. The quantitative estimate of drug-likeness (QED) is 0.838. The molecule has 1 aliphatic carbocycles. The van der Waals surface area contributed by atoms with Crippen LogP contribution in [0.2, 0.25) is 0 Å². The standard InChI is InChI=1S/C19H23N3O3/c1-14(22-10-4-9-20-22)19(23)21(16-5-2-3-6-16)12-15-7-8-17-18(11-15)25-13-24-17/h4,7-11,14,16H,2-3,5-6,12-13H2,1H3/t14-/m0/s1. The van der Waals surface area contributed by atoms with Crippen LogP contribution >= 0.6 is 0 Å². The van der Waals surface area contributed by atoms with Crippen molar-refractivity contribution in [3.05, 3.63) is 42.2 Å². The Balaban J connectivity index is 1.56. The van der Waals surface area contributed by atoms with Gasteiger partial charge in [0.2, 0.25) is 12.7 Å². The van der Waals surface area contributed by atoms with E-state index in [1.54, 1.807) is 10.9 Å². The van der Waals surface area contributed by atoms with Crippen LogP contribution in [0.3, 0.4) is 0 Å². The van der Waals surface area contributed by atoms with Gasteiger partial charge >= 0.3 is 0 Å². The highest BCUT2D eigenvalue weighted by molar-refractivity contribution is 5.80. The Morgan fingerprint density at radius 2 is 2.12 bits per heavy atom. The van der Waals surface area contributed by atoms with E-state index in [0.717, 1.165) is 29.9 Å². The Morgan fingerprint density at radius 1 is 1.32 bits per heavy atom. The number of ether oxygens (including phenoxy) is 2. The molecule has 2 heterocycles. The second-order valence-electron chi connectivity index (χ2n) is 6.75. The smallest absolute Gasteiger partial charge is 0.247 e. The maximum absolute atomic E-state index is 13.2. The van der Waals surface area contributed by atoms with E-state index in [1.807, 2.05) is 42.3 Å². The molecule has 6 nitrogen and oxygen atoms in total. The lowest BCUT2D eigenvalue weighted by molar-refractivity contribution is -0.137. The number of aromatic nitrogens is 2. The number of rotatable bonds is 5. The summed E-state index contributed by atoms with van der Waals surface area (Å²) in [7, 11) is 0. The molecule has 1 aromatic carbocycles. The molecular formula is C19H23N3O3. The van der Waals surface area contributed by atoms with Gasteiger partial charge in [0.1, 0.15) is 6.04 Å². The molecule has 0 bridgehead atoms. The summed E-state index contributed by atoms with van der Waals surface area (Å²) >= 11 is 0. The second kappa shape index (κ2) is 6.78. The number of hydrogen-bond acceptors (Lipinski definition) is 4. The van der Waals surface area contributed by atoms with Crippen molar-refractivity contribution in [3.63, 3.8) is 0 Å². The number of nitrogens with zero attached hydrogens (tertiary/aromatic N) is 3. The Labute approximate surface area is 147 Å². The molecule has 0 saturated heterocycles. The van der Waals surface area contributed by atoms with E-state index < -0.39 is 0 Å². The van der Waals surface area contributed by atoms with E-state index in [4.69, 9.17) is 9.47 Å². The van der Waals surface area contributed by atoms with Crippen molar-refractivity contribution < 1.29 is 14.3 Å². The lowest BCUT2D eigenvalue weighted by atomic mass is 10.1. The molecular weight excluding hydrogens is 318 g/mol. The fourth-order valence-electron chi connectivity index (χ4n) is 3.70. The van der Waals surface area contributed by atoms with Crippen LogP contribution in [0.25, 0.3) is 0 Å². The molecule has 0 spiro atoms. The van der Waals surface area contributed by atoms with Gasteiger partial charge in [-0.2, -0.15) is 5.10 Å². The summed E-state index contributed by atoms with van der Waals surface area (Å²) < 4.78 is 12.6. The largest absolute Gasteiger partial charge is 0.454 e. The second-order valence-corrected chi connectivity index (χ2v) is 6.75. The molecule has 1 aliphatic heterocycles. The summed E-state index contributed by atoms with van der Waals surface area (Å²) in [5.41, 5.74) is 1.07. The summed E-state index contributed by atoms with van der Waals surface area (Å²) in [5, 5.41) is 4.23. The highest BCUT2D eigenvalue weighted by Crippen LogP contribution is 2.34. The molecule has 2 aliphatic rings. The van der Waals surface area contributed by atoms with Gasteiger partial charge in [0.25, 0.3) is 0 Å². The fourth-order valence-corrected chi connectivity index (χ4v) is 3.70. The molecule has 6 heteroatoms. The highest BCUT2D eigenvalue weighted by Gasteiger charge is 2.30. The minimum atomic E-state index is -0.301. The molecule has 4 rings (SSSR count). The van der Waals surface area contributed by atoms with Crippen LogP contribution in [0.4, 0.5) is 0 Å². The first kappa shape index (κ1) is 16.0. The summed E-state index contributed by atoms with van der Waals surface area (Å²) in [6.45, 7) is 2.77. The van der Waals surface area contributed by atoms with Crippen molar-refractivity contribution in [2.45, 2.75) is 51.2 Å². The van der Waals surface area contributed by atoms with Crippen molar-refractivity contribution in [1.29, 1.82) is 0 Å². The third-order valence-corrected chi connectivity index (χ3v) is 5.12. The molecule has 0 radical (unpaired) electrons. The van der Waals surface area contributed by atoms with E-state index in [1.165, 1.54) is 12.8 Å². The van der Waals surface area contributed by atoms with Gasteiger partial charge in [-0.15, -0.1) is 0 Å². The number of benzene rings is 1. The summed E-state index contributed by atoms with van der Waals surface area (Å²) in [6.07, 6.45) is 8.07. The molecule has 1 saturated carbocycles. The van der Waals surface area contributed by atoms with Gasteiger partial charge in [-0.3, -0.25) is 9.48 Å². The third-order valence-electron chi connectivity index (χ3n) is 5.12. The van der Waals surface area contributed by atoms with Crippen LogP contribution in [0.15, 0.2) is 36.7 Å². The van der Waals surface area contributed by atoms with Crippen molar-refractivity contribution in [1.82, 2.24) is 14.7 Å². The highest BCUT2D eigenvalue weighted by atomic mass is 16.7. The maximum Gasteiger partial charge on any atom is 0.247 e. The molecule has 132 valence electrons. The van der Waals surface area contributed by atoms with Gasteiger partial charge in [0.05, 0.1) is 0 Å². The van der Waals surface area contributed by atoms with Crippen LogP contribution in [0, 0.1) is 0 Å². The normalized spacial score (nSPS) is 17.6. The van der Waals surface area contributed by atoms with Gasteiger partial charge in [0, 0.05) is 25.0 Å². The minimum Gasteiger partial charge on any atom is -0.454 e. The maximum atomic E-state index is 13.2. The zero-order chi connectivity index (χ0) is 17.2. The average Bonchev–Trinajstić information content (AvgIpc) is 3.40. The topological polar surface area (TPSA) is 56.6 Å². The molecule has 2 aromatic rings. The van der Waals surface area contributed by atoms with E-state index in [-0.39, 0.29) is 18.7 Å². The molecule has 0 unspecified atom stereocenters. The lowest BCUT2D eigenvalue weighted by Crippen LogP contribution is -2.42. The van der Waals surface area contributed by atoms with Crippen LogP contribution in [-0.2, 0) is 11.3 Å².